The maximum absolute atomic E-state index is 13.2. The first-order valence-electron chi connectivity index (χ1n) is 11.9. The molecule has 0 aliphatic carbocycles. The number of carbonyl (C=O) groups is 1. The normalized spacial score (nSPS) is 19.1. The molecule has 5 rings (SSSR count). The van der Waals surface area contributed by atoms with Crippen LogP contribution in [0, 0.1) is 11.7 Å². The van der Waals surface area contributed by atoms with E-state index >= 15 is 0 Å². The van der Waals surface area contributed by atoms with Crippen molar-refractivity contribution in [2.45, 2.75) is 43.4 Å². The van der Waals surface area contributed by atoms with Crippen LogP contribution in [-0.2, 0) is 10.0 Å². The molecule has 9 heteroatoms. The van der Waals surface area contributed by atoms with Gasteiger partial charge in [0.1, 0.15) is 5.82 Å². The molecule has 0 N–H and O–H groups in total. The summed E-state index contributed by atoms with van der Waals surface area (Å²) in [5.74, 6) is 0.413. The van der Waals surface area contributed by atoms with Crippen molar-refractivity contribution in [2.24, 2.45) is 5.92 Å². The maximum Gasteiger partial charge on any atom is 0.257 e. The molecule has 34 heavy (non-hydrogen) atoms. The van der Waals surface area contributed by atoms with Crippen LogP contribution in [0.3, 0.4) is 0 Å². The first-order valence-corrected chi connectivity index (χ1v) is 13.3. The number of likely N-dealkylation sites (tertiary alicyclic amines) is 1. The number of hydrogen-bond acceptors (Lipinski definition) is 4. The van der Waals surface area contributed by atoms with Crippen LogP contribution in [0.5, 0.6) is 0 Å². The monoisotopic (exact) mass is 484 g/mol. The second-order valence-corrected chi connectivity index (χ2v) is 11.4. The van der Waals surface area contributed by atoms with Crippen LogP contribution in [-0.4, -0.2) is 59.3 Å². The van der Waals surface area contributed by atoms with Crippen molar-refractivity contribution in [3.05, 3.63) is 65.7 Å². The summed E-state index contributed by atoms with van der Waals surface area (Å²) < 4.78 is 42.3. The van der Waals surface area contributed by atoms with Gasteiger partial charge in [0.25, 0.3) is 5.91 Å². The minimum absolute atomic E-state index is 0.0271. The fourth-order valence-corrected chi connectivity index (χ4v) is 6.45. The summed E-state index contributed by atoms with van der Waals surface area (Å²) in [6, 6.07) is 9.00. The van der Waals surface area contributed by atoms with Gasteiger partial charge in [0, 0.05) is 32.4 Å². The number of piperidine rings is 2. The van der Waals surface area contributed by atoms with E-state index in [-0.39, 0.29) is 16.7 Å². The predicted octanol–water partition coefficient (Wildman–Crippen LogP) is 3.91. The number of hydrogen-bond donors (Lipinski definition) is 0. The van der Waals surface area contributed by atoms with E-state index in [9.17, 15) is 17.6 Å². The van der Waals surface area contributed by atoms with Crippen LogP contribution in [0.2, 0.25) is 0 Å². The summed E-state index contributed by atoms with van der Waals surface area (Å²) in [7, 11) is -3.64. The Labute approximate surface area is 199 Å². The zero-order valence-electron chi connectivity index (χ0n) is 19.2. The van der Waals surface area contributed by atoms with Crippen LogP contribution in [0.1, 0.15) is 54.4 Å². The van der Waals surface area contributed by atoms with Gasteiger partial charge >= 0.3 is 0 Å². The highest BCUT2D eigenvalue weighted by atomic mass is 32.2. The lowest BCUT2D eigenvalue weighted by atomic mass is 9.90. The highest BCUT2D eigenvalue weighted by Crippen LogP contribution is 2.32. The Morgan fingerprint density at radius 3 is 2.35 bits per heavy atom. The van der Waals surface area contributed by atoms with Crippen LogP contribution in [0.4, 0.5) is 4.39 Å². The van der Waals surface area contributed by atoms with Gasteiger partial charge in [-0.25, -0.2) is 17.3 Å². The average molecular weight is 485 g/mol. The second kappa shape index (κ2) is 9.11. The van der Waals surface area contributed by atoms with Gasteiger partial charge in [-0.2, -0.15) is 9.40 Å². The number of fused-ring (bicyclic) bond motifs is 1. The third-order valence-electron chi connectivity index (χ3n) is 7.22. The van der Waals surface area contributed by atoms with E-state index in [0.717, 1.165) is 37.0 Å². The number of benzene rings is 1. The zero-order valence-corrected chi connectivity index (χ0v) is 20.0. The van der Waals surface area contributed by atoms with Crippen molar-refractivity contribution in [1.29, 1.82) is 0 Å². The molecule has 0 spiro atoms. The lowest BCUT2D eigenvalue weighted by Gasteiger charge is -2.31. The van der Waals surface area contributed by atoms with E-state index in [4.69, 9.17) is 0 Å². The summed E-state index contributed by atoms with van der Waals surface area (Å²) in [5.41, 5.74) is 2.50. The molecule has 2 aliphatic rings. The van der Waals surface area contributed by atoms with E-state index in [1.807, 2.05) is 23.2 Å². The minimum atomic E-state index is -3.64. The fraction of sp³-hybridized carbons (Fsp3) is 0.440. The summed E-state index contributed by atoms with van der Waals surface area (Å²) in [5, 5.41) is 4.37. The van der Waals surface area contributed by atoms with Crippen molar-refractivity contribution < 1.29 is 17.6 Å². The van der Waals surface area contributed by atoms with Crippen molar-refractivity contribution >= 4 is 21.4 Å². The van der Waals surface area contributed by atoms with Gasteiger partial charge in [0.2, 0.25) is 10.0 Å². The molecule has 0 atom stereocenters. The van der Waals surface area contributed by atoms with Crippen molar-refractivity contribution in [3.8, 4) is 0 Å². The standard InChI is InChI=1S/C25H29FN4O3S/c1-18-6-11-28(12-7-18)25(31)23-17-27-30-15-10-20(16-24(23)30)19-8-13-29(14-9-19)34(32,33)22-4-2-21(26)3-5-22/h2-5,10,15-19H,6-9,11-14H2,1H3. The summed E-state index contributed by atoms with van der Waals surface area (Å²) in [4.78, 5) is 15.2. The molecule has 180 valence electrons. The number of carbonyl (C=O) groups excluding carboxylic acids is 1. The molecule has 0 radical (unpaired) electrons. The van der Waals surface area contributed by atoms with Crippen molar-refractivity contribution in [1.82, 2.24) is 18.8 Å². The summed E-state index contributed by atoms with van der Waals surface area (Å²) >= 11 is 0. The molecule has 0 unspecified atom stereocenters. The van der Waals surface area contributed by atoms with Gasteiger partial charge in [-0.15, -0.1) is 0 Å². The smallest absolute Gasteiger partial charge is 0.257 e. The van der Waals surface area contributed by atoms with Gasteiger partial charge in [0.05, 0.1) is 22.2 Å². The van der Waals surface area contributed by atoms with Gasteiger partial charge in [-0.1, -0.05) is 6.92 Å². The summed E-state index contributed by atoms with van der Waals surface area (Å²) in [6.45, 7) is 4.56. The van der Waals surface area contributed by atoms with E-state index < -0.39 is 15.8 Å². The van der Waals surface area contributed by atoms with E-state index in [1.54, 1.807) is 10.7 Å². The molecular weight excluding hydrogens is 455 g/mol. The Morgan fingerprint density at radius 1 is 1.00 bits per heavy atom. The molecule has 1 aromatic carbocycles. The van der Waals surface area contributed by atoms with Gasteiger partial charge in [-0.05, 0) is 79.5 Å². The molecule has 2 saturated heterocycles. The number of aromatic nitrogens is 2. The lowest BCUT2D eigenvalue weighted by molar-refractivity contribution is 0.0699. The van der Waals surface area contributed by atoms with Crippen LogP contribution < -0.4 is 0 Å². The Bertz CT molecular complexity index is 1290. The topological polar surface area (TPSA) is 75.0 Å². The third kappa shape index (κ3) is 4.34. The quantitative estimate of drug-likeness (QED) is 0.563. The van der Waals surface area contributed by atoms with Crippen LogP contribution in [0.25, 0.3) is 5.52 Å². The summed E-state index contributed by atoms with van der Waals surface area (Å²) in [6.07, 6.45) is 6.93. The third-order valence-corrected chi connectivity index (χ3v) is 9.14. The molecule has 3 aromatic rings. The first-order chi connectivity index (χ1) is 16.3. The number of amides is 1. The fourth-order valence-electron chi connectivity index (χ4n) is 4.98. The second-order valence-electron chi connectivity index (χ2n) is 9.46. The van der Waals surface area contributed by atoms with Gasteiger partial charge < -0.3 is 4.90 Å². The Balaban J connectivity index is 1.31. The predicted molar refractivity (Wildman–Crippen MR) is 127 cm³/mol. The van der Waals surface area contributed by atoms with Gasteiger partial charge in [0.15, 0.2) is 0 Å². The molecule has 4 heterocycles. The minimum Gasteiger partial charge on any atom is -0.339 e. The lowest BCUT2D eigenvalue weighted by Crippen LogP contribution is -2.38. The Morgan fingerprint density at radius 2 is 1.68 bits per heavy atom. The molecule has 2 fully saturated rings. The first kappa shape index (κ1) is 23.0. The van der Waals surface area contributed by atoms with Crippen LogP contribution >= 0.6 is 0 Å². The van der Waals surface area contributed by atoms with Crippen molar-refractivity contribution in [2.75, 3.05) is 26.2 Å². The number of rotatable bonds is 4. The number of pyridine rings is 1. The molecule has 2 aromatic heterocycles. The SMILES string of the molecule is CC1CCN(C(=O)c2cnn3ccc(C4CCN(S(=O)(=O)c5ccc(F)cc5)CC4)cc23)CC1. The Kier molecular flexibility index (Phi) is 6.16. The highest BCUT2D eigenvalue weighted by Gasteiger charge is 2.30. The number of sulfonamides is 1. The molecule has 0 saturated carbocycles. The molecular formula is C25H29FN4O3S. The van der Waals surface area contributed by atoms with Gasteiger partial charge in [-0.3, -0.25) is 4.79 Å². The zero-order chi connectivity index (χ0) is 23.9. The average Bonchev–Trinajstić information content (AvgIpc) is 3.28. The van der Waals surface area contributed by atoms with Crippen molar-refractivity contribution in [3.63, 3.8) is 0 Å². The van der Waals surface area contributed by atoms with E-state index in [0.29, 0.717) is 37.4 Å². The van der Waals surface area contributed by atoms with E-state index in [1.165, 1.54) is 28.6 Å². The van der Waals surface area contributed by atoms with E-state index in [2.05, 4.69) is 12.0 Å². The van der Waals surface area contributed by atoms with Crippen LogP contribution in [0.15, 0.2) is 53.7 Å². The largest absolute Gasteiger partial charge is 0.339 e. The highest BCUT2D eigenvalue weighted by molar-refractivity contribution is 7.89. The Hall–Kier alpha value is -2.78. The molecule has 0 bridgehead atoms. The molecule has 7 nitrogen and oxygen atoms in total. The molecule has 1 amide bonds. The molecule has 2 aliphatic heterocycles. The number of halogens is 1. The number of nitrogens with zero attached hydrogens (tertiary/aromatic N) is 4. The maximum atomic E-state index is 13.2.